The highest BCUT2D eigenvalue weighted by Crippen LogP contribution is 2.18. The predicted octanol–water partition coefficient (Wildman–Crippen LogP) is 2.11. The second-order valence-corrected chi connectivity index (χ2v) is 5.39. The van der Waals surface area contributed by atoms with Gasteiger partial charge in [0.05, 0.1) is 17.2 Å². The number of hydrogen-bond donors (Lipinski definition) is 0. The first-order chi connectivity index (χ1) is 8.59. The van der Waals surface area contributed by atoms with Crippen molar-refractivity contribution in [3.63, 3.8) is 0 Å². The van der Waals surface area contributed by atoms with Gasteiger partial charge in [-0.3, -0.25) is 9.36 Å². The van der Waals surface area contributed by atoms with Gasteiger partial charge in [0, 0.05) is 11.0 Å². The van der Waals surface area contributed by atoms with E-state index in [1.165, 1.54) is 0 Å². The number of aromatic nitrogens is 2. The lowest BCUT2D eigenvalue weighted by Gasteiger charge is -2.10. The minimum Gasteiger partial charge on any atom is -0.309 e. The predicted molar refractivity (Wildman–Crippen MR) is 76.9 cm³/mol. The normalized spacial score (nSPS) is 11.3. The molecular formula is C13H16BrN3O. The molecule has 5 heteroatoms. The first kappa shape index (κ1) is 13.2. The second kappa shape index (κ2) is 5.63. The summed E-state index contributed by atoms with van der Waals surface area (Å²) in [5.41, 5.74) is 0.756. The van der Waals surface area contributed by atoms with Crippen LogP contribution in [0.1, 0.15) is 6.42 Å². The second-order valence-electron chi connectivity index (χ2n) is 4.54. The molecule has 0 saturated heterocycles. The van der Waals surface area contributed by atoms with Crippen LogP contribution in [0.25, 0.3) is 10.9 Å². The van der Waals surface area contributed by atoms with E-state index in [9.17, 15) is 4.79 Å². The van der Waals surface area contributed by atoms with Gasteiger partial charge in [0.1, 0.15) is 0 Å². The van der Waals surface area contributed by atoms with Crippen LogP contribution in [-0.4, -0.2) is 35.1 Å². The van der Waals surface area contributed by atoms with Gasteiger partial charge in [-0.15, -0.1) is 0 Å². The molecule has 96 valence electrons. The average Bonchev–Trinajstić information content (AvgIpc) is 2.32. The molecule has 0 radical (unpaired) electrons. The molecule has 2 rings (SSSR count). The maximum atomic E-state index is 12.2. The maximum absolute atomic E-state index is 12.2. The molecule has 1 heterocycles. The molecule has 4 nitrogen and oxygen atoms in total. The number of benzene rings is 1. The van der Waals surface area contributed by atoms with Crippen LogP contribution in [-0.2, 0) is 6.54 Å². The third kappa shape index (κ3) is 2.79. The van der Waals surface area contributed by atoms with Crippen molar-refractivity contribution < 1.29 is 0 Å². The average molecular weight is 310 g/mol. The zero-order chi connectivity index (χ0) is 13.1. The Hall–Kier alpha value is -1.20. The maximum Gasteiger partial charge on any atom is 0.261 e. The first-order valence-corrected chi connectivity index (χ1v) is 6.67. The van der Waals surface area contributed by atoms with E-state index in [1.54, 1.807) is 10.9 Å². The summed E-state index contributed by atoms with van der Waals surface area (Å²) in [7, 11) is 4.05. The van der Waals surface area contributed by atoms with Crippen molar-refractivity contribution in [2.45, 2.75) is 13.0 Å². The first-order valence-electron chi connectivity index (χ1n) is 5.88. The fourth-order valence-electron chi connectivity index (χ4n) is 1.87. The summed E-state index contributed by atoms with van der Waals surface area (Å²) in [5.74, 6) is 0. The lowest BCUT2D eigenvalue weighted by molar-refractivity contribution is 0.384. The Morgan fingerprint density at radius 3 is 2.89 bits per heavy atom. The Balaban J connectivity index is 2.31. The van der Waals surface area contributed by atoms with Gasteiger partial charge < -0.3 is 4.90 Å². The van der Waals surface area contributed by atoms with Crippen molar-refractivity contribution in [1.29, 1.82) is 0 Å². The van der Waals surface area contributed by atoms with Gasteiger partial charge in [0.15, 0.2) is 0 Å². The molecule has 0 N–H and O–H groups in total. The van der Waals surface area contributed by atoms with Crippen molar-refractivity contribution >= 4 is 26.8 Å². The third-order valence-corrected chi connectivity index (χ3v) is 3.45. The summed E-state index contributed by atoms with van der Waals surface area (Å²) < 4.78 is 2.54. The monoisotopic (exact) mass is 309 g/mol. The molecule has 0 aliphatic carbocycles. The summed E-state index contributed by atoms with van der Waals surface area (Å²) in [4.78, 5) is 18.7. The Bertz CT molecular complexity index is 607. The van der Waals surface area contributed by atoms with Crippen LogP contribution in [0.4, 0.5) is 0 Å². The topological polar surface area (TPSA) is 38.1 Å². The summed E-state index contributed by atoms with van der Waals surface area (Å²) in [5, 5.41) is 0.664. The molecule has 0 fully saturated rings. The van der Waals surface area contributed by atoms with E-state index in [0.717, 1.165) is 23.0 Å². The molecule has 0 spiro atoms. The van der Waals surface area contributed by atoms with Crippen molar-refractivity contribution in [1.82, 2.24) is 14.5 Å². The highest BCUT2D eigenvalue weighted by atomic mass is 79.9. The molecule has 0 amide bonds. The molecule has 2 aromatic rings. The Labute approximate surface area is 114 Å². The van der Waals surface area contributed by atoms with E-state index in [-0.39, 0.29) is 5.56 Å². The van der Waals surface area contributed by atoms with Crippen LogP contribution in [0.3, 0.4) is 0 Å². The Kier molecular flexibility index (Phi) is 4.14. The Morgan fingerprint density at radius 2 is 2.17 bits per heavy atom. The van der Waals surface area contributed by atoms with E-state index >= 15 is 0 Å². The summed E-state index contributed by atoms with van der Waals surface area (Å²) in [6.45, 7) is 1.66. The van der Waals surface area contributed by atoms with Crippen molar-refractivity contribution in [3.05, 3.63) is 39.4 Å². The van der Waals surface area contributed by atoms with Crippen LogP contribution < -0.4 is 5.56 Å². The summed E-state index contributed by atoms with van der Waals surface area (Å²) in [6, 6.07) is 5.57. The number of aryl methyl sites for hydroxylation is 1. The zero-order valence-corrected chi connectivity index (χ0v) is 12.1. The third-order valence-electron chi connectivity index (χ3n) is 2.81. The van der Waals surface area contributed by atoms with Crippen molar-refractivity contribution in [3.8, 4) is 0 Å². The van der Waals surface area contributed by atoms with Crippen LogP contribution in [0.5, 0.6) is 0 Å². The van der Waals surface area contributed by atoms with Gasteiger partial charge in [-0.2, -0.15) is 0 Å². The summed E-state index contributed by atoms with van der Waals surface area (Å²) in [6.07, 6.45) is 2.57. The van der Waals surface area contributed by atoms with Gasteiger partial charge in [-0.1, -0.05) is 6.07 Å². The molecule has 0 bridgehead atoms. The minimum absolute atomic E-state index is 0.0278. The number of nitrogens with zero attached hydrogens (tertiary/aromatic N) is 3. The fraction of sp³-hybridized carbons (Fsp3) is 0.385. The number of hydrogen-bond acceptors (Lipinski definition) is 3. The fourth-order valence-corrected chi connectivity index (χ4v) is 2.34. The standard InChI is InChI=1S/C13H16BrN3O/c1-16(2)7-4-8-17-9-15-12-10(13(17)18)5-3-6-11(12)14/h3,5-6,9H,4,7-8H2,1-2H3. The molecule has 0 saturated carbocycles. The Morgan fingerprint density at radius 1 is 1.39 bits per heavy atom. The summed E-state index contributed by atoms with van der Waals surface area (Å²) >= 11 is 3.41. The quantitative estimate of drug-likeness (QED) is 0.868. The lowest BCUT2D eigenvalue weighted by Crippen LogP contribution is -2.23. The number of rotatable bonds is 4. The van der Waals surface area contributed by atoms with E-state index in [2.05, 4.69) is 25.8 Å². The van der Waals surface area contributed by atoms with Gasteiger partial charge >= 0.3 is 0 Å². The van der Waals surface area contributed by atoms with Gasteiger partial charge in [-0.05, 0) is 55.1 Å². The van der Waals surface area contributed by atoms with Crippen LogP contribution in [0.15, 0.2) is 33.8 Å². The highest BCUT2D eigenvalue weighted by molar-refractivity contribution is 9.10. The molecule has 0 aliphatic heterocycles. The largest absolute Gasteiger partial charge is 0.309 e. The smallest absolute Gasteiger partial charge is 0.261 e. The minimum atomic E-state index is 0.0278. The zero-order valence-electron chi connectivity index (χ0n) is 10.6. The molecule has 0 aliphatic rings. The molecule has 1 aromatic carbocycles. The van der Waals surface area contributed by atoms with Crippen LogP contribution >= 0.6 is 15.9 Å². The molecule has 0 atom stereocenters. The number of para-hydroxylation sites is 1. The van der Waals surface area contributed by atoms with Crippen LogP contribution in [0, 0.1) is 0 Å². The molecule has 18 heavy (non-hydrogen) atoms. The highest BCUT2D eigenvalue weighted by Gasteiger charge is 2.06. The molecular weight excluding hydrogens is 294 g/mol. The SMILES string of the molecule is CN(C)CCCn1cnc2c(Br)cccc2c1=O. The van der Waals surface area contributed by atoms with Crippen molar-refractivity contribution in [2.24, 2.45) is 0 Å². The number of halogens is 1. The van der Waals surface area contributed by atoms with E-state index in [4.69, 9.17) is 0 Å². The van der Waals surface area contributed by atoms with Crippen LogP contribution in [0.2, 0.25) is 0 Å². The van der Waals surface area contributed by atoms with Gasteiger partial charge in [-0.25, -0.2) is 4.98 Å². The van der Waals surface area contributed by atoms with Crippen molar-refractivity contribution in [2.75, 3.05) is 20.6 Å². The lowest BCUT2D eigenvalue weighted by atomic mass is 10.2. The van der Waals surface area contributed by atoms with E-state index in [1.807, 2.05) is 32.3 Å². The van der Waals surface area contributed by atoms with E-state index < -0.39 is 0 Å². The van der Waals surface area contributed by atoms with Gasteiger partial charge in [0.25, 0.3) is 5.56 Å². The van der Waals surface area contributed by atoms with Gasteiger partial charge in [0.2, 0.25) is 0 Å². The molecule has 0 unspecified atom stereocenters. The molecule has 1 aromatic heterocycles. The van der Waals surface area contributed by atoms with E-state index in [0.29, 0.717) is 11.9 Å². The number of fused-ring (bicyclic) bond motifs is 1.